The fourth-order valence-electron chi connectivity index (χ4n) is 3.35. The van der Waals surface area contributed by atoms with Crippen molar-refractivity contribution in [3.63, 3.8) is 0 Å². The number of benzene rings is 3. The molecule has 7 nitrogen and oxygen atoms in total. The number of hydrogen-bond donors (Lipinski definition) is 1. The third kappa shape index (κ3) is 5.57. The Morgan fingerprint density at radius 3 is 2.39 bits per heavy atom. The lowest BCUT2D eigenvalue weighted by molar-refractivity contribution is 0.0729. The van der Waals surface area contributed by atoms with Crippen molar-refractivity contribution in [2.45, 2.75) is 11.5 Å². The van der Waals surface area contributed by atoms with Crippen molar-refractivity contribution in [3.05, 3.63) is 89.7 Å². The molecule has 1 aliphatic rings. The van der Waals surface area contributed by atoms with E-state index in [2.05, 4.69) is 5.32 Å². The summed E-state index contributed by atoms with van der Waals surface area (Å²) in [5.74, 6) is -0.818. The van der Waals surface area contributed by atoms with Crippen molar-refractivity contribution >= 4 is 21.6 Å². The summed E-state index contributed by atoms with van der Waals surface area (Å²) in [5, 5.41) is 2.69. The first kappa shape index (κ1) is 22.9. The van der Waals surface area contributed by atoms with Gasteiger partial charge >= 0.3 is 0 Å². The molecule has 3 aromatic rings. The molecule has 0 spiro atoms. The van der Waals surface area contributed by atoms with Crippen molar-refractivity contribution in [3.8, 4) is 5.75 Å². The van der Waals surface area contributed by atoms with Gasteiger partial charge in [0.1, 0.15) is 23.1 Å². The predicted molar refractivity (Wildman–Crippen MR) is 121 cm³/mol. The van der Waals surface area contributed by atoms with E-state index in [0.29, 0.717) is 18.0 Å². The van der Waals surface area contributed by atoms with Gasteiger partial charge in [-0.3, -0.25) is 4.79 Å². The van der Waals surface area contributed by atoms with E-state index in [0.717, 1.165) is 22.0 Å². The van der Waals surface area contributed by atoms with Crippen LogP contribution in [0.1, 0.15) is 15.9 Å². The first-order chi connectivity index (χ1) is 15.9. The summed E-state index contributed by atoms with van der Waals surface area (Å²) in [4.78, 5) is 12.2. The van der Waals surface area contributed by atoms with Gasteiger partial charge in [-0.25, -0.2) is 12.8 Å². The van der Waals surface area contributed by atoms with Crippen LogP contribution in [0.5, 0.6) is 5.75 Å². The van der Waals surface area contributed by atoms with Crippen molar-refractivity contribution in [2.75, 3.05) is 31.6 Å². The number of anilines is 1. The highest BCUT2D eigenvalue weighted by Gasteiger charge is 2.29. The summed E-state index contributed by atoms with van der Waals surface area (Å²) in [7, 11) is -4.07. The first-order valence-electron chi connectivity index (χ1n) is 10.4. The third-order valence-corrected chi connectivity index (χ3v) is 7.06. The van der Waals surface area contributed by atoms with Crippen molar-refractivity contribution in [1.29, 1.82) is 0 Å². The third-order valence-electron chi connectivity index (χ3n) is 5.14. The Balaban J connectivity index is 1.43. The van der Waals surface area contributed by atoms with Gasteiger partial charge in [0.05, 0.1) is 13.2 Å². The van der Waals surface area contributed by atoms with Gasteiger partial charge in [-0.1, -0.05) is 30.3 Å². The Bertz CT molecular complexity index is 1210. The van der Waals surface area contributed by atoms with Crippen LogP contribution in [0.25, 0.3) is 0 Å². The van der Waals surface area contributed by atoms with Crippen molar-refractivity contribution in [1.82, 2.24) is 4.31 Å². The van der Waals surface area contributed by atoms with Crippen LogP contribution in [0.15, 0.2) is 77.7 Å². The van der Waals surface area contributed by atoms with Crippen molar-refractivity contribution < 1.29 is 27.1 Å². The molecule has 0 aliphatic carbocycles. The molecule has 1 amide bonds. The minimum absolute atomic E-state index is 0.0349. The fourth-order valence-corrected chi connectivity index (χ4v) is 4.85. The summed E-state index contributed by atoms with van der Waals surface area (Å²) in [6.07, 6.45) is 0. The predicted octanol–water partition coefficient (Wildman–Crippen LogP) is 3.68. The minimum atomic E-state index is -4.07. The van der Waals surface area contributed by atoms with Crippen LogP contribution in [0.3, 0.4) is 0 Å². The lowest BCUT2D eigenvalue weighted by Crippen LogP contribution is -2.41. The molecular formula is C24H23FN2O5S. The Morgan fingerprint density at radius 2 is 1.70 bits per heavy atom. The highest BCUT2D eigenvalue weighted by atomic mass is 32.2. The number of rotatable bonds is 7. The van der Waals surface area contributed by atoms with E-state index >= 15 is 0 Å². The molecule has 0 aromatic heterocycles. The molecule has 0 bridgehead atoms. The topological polar surface area (TPSA) is 84.9 Å². The second kappa shape index (κ2) is 10.1. The van der Waals surface area contributed by atoms with E-state index in [4.69, 9.17) is 9.47 Å². The zero-order chi connectivity index (χ0) is 23.3. The molecule has 3 aromatic carbocycles. The quantitative estimate of drug-likeness (QED) is 0.570. The maximum Gasteiger partial charge on any atom is 0.255 e. The molecule has 1 aliphatic heterocycles. The number of nitrogens with zero attached hydrogens (tertiary/aromatic N) is 1. The number of carbonyl (C=O) groups is 1. The number of nitrogens with one attached hydrogen (secondary N) is 1. The lowest BCUT2D eigenvalue weighted by atomic mass is 10.2. The lowest BCUT2D eigenvalue weighted by Gasteiger charge is -2.26. The van der Waals surface area contributed by atoms with E-state index in [-0.39, 0.29) is 31.9 Å². The molecule has 9 heteroatoms. The molecule has 4 rings (SSSR count). The van der Waals surface area contributed by atoms with E-state index < -0.39 is 26.6 Å². The summed E-state index contributed by atoms with van der Waals surface area (Å²) >= 11 is 0. The molecule has 1 fully saturated rings. The zero-order valence-corrected chi connectivity index (χ0v) is 18.6. The van der Waals surface area contributed by atoms with Gasteiger partial charge in [0.2, 0.25) is 10.0 Å². The molecule has 1 saturated heterocycles. The van der Waals surface area contributed by atoms with E-state index in [9.17, 15) is 17.6 Å². The van der Waals surface area contributed by atoms with Crippen LogP contribution < -0.4 is 10.1 Å². The summed E-state index contributed by atoms with van der Waals surface area (Å²) in [6, 6.07) is 19.8. The van der Waals surface area contributed by atoms with Crippen molar-refractivity contribution in [2.24, 2.45) is 0 Å². The molecule has 0 atom stereocenters. The second-order valence-electron chi connectivity index (χ2n) is 7.41. The van der Waals surface area contributed by atoms with E-state index in [1.807, 2.05) is 30.3 Å². The smallest absolute Gasteiger partial charge is 0.255 e. The van der Waals surface area contributed by atoms with Gasteiger partial charge in [-0.2, -0.15) is 4.31 Å². The fraction of sp³-hybridized carbons (Fsp3) is 0.208. The average molecular weight is 471 g/mol. The molecule has 0 radical (unpaired) electrons. The summed E-state index contributed by atoms with van der Waals surface area (Å²) in [5.41, 5.74) is 1.57. The molecular weight excluding hydrogens is 447 g/mol. The zero-order valence-electron chi connectivity index (χ0n) is 17.7. The molecule has 172 valence electrons. The molecule has 0 unspecified atom stereocenters. The van der Waals surface area contributed by atoms with Gasteiger partial charge in [0.15, 0.2) is 0 Å². The number of morpholine rings is 1. The Hall–Kier alpha value is -3.27. The molecule has 1 N–H and O–H groups in total. The Morgan fingerprint density at radius 1 is 1.00 bits per heavy atom. The van der Waals surface area contributed by atoms with Crippen LogP contribution in [-0.4, -0.2) is 44.9 Å². The van der Waals surface area contributed by atoms with Crippen LogP contribution in [-0.2, 0) is 21.4 Å². The normalized spacial score (nSPS) is 14.6. The largest absolute Gasteiger partial charge is 0.489 e. The number of amides is 1. The van der Waals surface area contributed by atoms with Gasteiger partial charge in [0.25, 0.3) is 5.91 Å². The number of hydrogen-bond acceptors (Lipinski definition) is 5. The number of ether oxygens (including phenoxy) is 2. The summed E-state index contributed by atoms with van der Waals surface area (Å²) < 4.78 is 52.1. The Kier molecular flexibility index (Phi) is 7.02. The van der Waals surface area contributed by atoms with Crippen LogP contribution in [0.2, 0.25) is 0 Å². The minimum Gasteiger partial charge on any atom is -0.489 e. The van der Waals surface area contributed by atoms with Crippen LogP contribution in [0.4, 0.5) is 10.1 Å². The van der Waals surface area contributed by atoms with Crippen LogP contribution in [0, 0.1) is 5.82 Å². The van der Waals surface area contributed by atoms with Gasteiger partial charge in [0, 0.05) is 24.3 Å². The number of carbonyl (C=O) groups excluding carboxylic acids is 1. The Labute approximate surface area is 191 Å². The number of sulfonamides is 1. The molecule has 0 saturated carbocycles. The monoisotopic (exact) mass is 470 g/mol. The first-order valence-corrected chi connectivity index (χ1v) is 11.8. The maximum absolute atomic E-state index is 14.4. The molecule has 1 heterocycles. The number of halogens is 1. The second-order valence-corrected chi connectivity index (χ2v) is 9.32. The van der Waals surface area contributed by atoms with Gasteiger partial charge in [-0.05, 0) is 48.0 Å². The van der Waals surface area contributed by atoms with Crippen LogP contribution >= 0.6 is 0 Å². The van der Waals surface area contributed by atoms with Gasteiger partial charge in [-0.15, -0.1) is 0 Å². The van der Waals surface area contributed by atoms with Gasteiger partial charge < -0.3 is 14.8 Å². The summed E-state index contributed by atoms with van der Waals surface area (Å²) in [6.45, 7) is 1.18. The highest BCUT2D eigenvalue weighted by molar-refractivity contribution is 7.89. The molecule has 33 heavy (non-hydrogen) atoms. The van der Waals surface area contributed by atoms with E-state index in [1.54, 1.807) is 24.3 Å². The highest BCUT2D eigenvalue weighted by Crippen LogP contribution is 2.23. The maximum atomic E-state index is 14.4. The van der Waals surface area contributed by atoms with E-state index in [1.165, 1.54) is 6.07 Å². The average Bonchev–Trinajstić information content (AvgIpc) is 2.85. The SMILES string of the molecule is O=C(Nc1ccc(OCc2ccccc2)cc1)c1ccc(F)c(S(=O)(=O)N2CCOCC2)c1. The standard InChI is InChI=1S/C24H23FN2O5S/c25-22-11-6-19(16-23(22)33(29,30)27-12-14-31-15-13-27)24(28)26-20-7-9-21(10-8-20)32-17-18-4-2-1-3-5-18/h1-11,16H,12-15,17H2,(H,26,28).